The molecule has 1 saturated heterocycles. The largest absolute Gasteiger partial charge is 0.481 e. The van der Waals surface area contributed by atoms with E-state index in [1.165, 1.54) is 0 Å². The second-order valence-electron chi connectivity index (χ2n) is 7.39. The smallest absolute Gasteiger partial charge is 0.303 e. The lowest BCUT2D eigenvalue weighted by atomic mass is 10.0. The van der Waals surface area contributed by atoms with Crippen LogP contribution in [0.4, 0.5) is 0 Å². The fraction of sp³-hybridized carbons (Fsp3) is 0.476. The third-order valence-corrected chi connectivity index (χ3v) is 5.43. The van der Waals surface area contributed by atoms with Gasteiger partial charge in [0.25, 0.3) is 5.91 Å². The monoisotopic (exact) mass is 385 g/mol. The van der Waals surface area contributed by atoms with Crippen LogP contribution in [-0.2, 0) is 16.0 Å². The lowest BCUT2D eigenvalue weighted by Gasteiger charge is -2.19. The number of aliphatic carboxylic acids is 1. The highest BCUT2D eigenvalue weighted by Gasteiger charge is 2.24. The van der Waals surface area contributed by atoms with Gasteiger partial charge >= 0.3 is 5.97 Å². The minimum Gasteiger partial charge on any atom is -0.481 e. The van der Waals surface area contributed by atoms with Crippen molar-refractivity contribution in [1.82, 2.24) is 15.1 Å². The van der Waals surface area contributed by atoms with E-state index in [0.717, 1.165) is 35.7 Å². The van der Waals surface area contributed by atoms with Crippen molar-refractivity contribution < 1.29 is 19.4 Å². The Balaban J connectivity index is 1.71. The van der Waals surface area contributed by atoms with Gasteiger partial charge < -0.3 is 15.2 Å². The molecule has 28 heavy (non-hydrogen) atoms. The van der Waals surface area contributed by atoms with Crippen LogP contribution in [0.1, 0.15) is 47.1 Å². The predicted octanol–water partition coefficient (Wildman–Crippen LogP) is 2.66. The van der Waals surface area contributed by atoms with Crippen LogP contribution >= 0.6 is 0 Å². The van der Waals surface area contributed by atoms with E-state index in [0.29, 0.717) is 24.5 Å². The van der Waals surface area contributed by atoms with Gasteiger partial charge in [-0.1, -0.05) is 0 Å². The Morgan fingerprint density at radius 2 is 2.04 bits per heavy atom. The average Bonchev–Trinajstić information content (AvgIpc) is 3.29. The Bertz CT molecular complexity index is 851. The van der Waals surface area contributed by atoms with Crippen LogP contribution in [0.15, 0.2) is 24.3 Å². The van der Waals surface area contributed by atoms with Gasteiger partial charge in [-0.25, -0.2) is 4.68 Å². The number of nitrogens with zero attached hydrogens (tertiary/aromatic N) is 2. The van der Waals surface area contributed by atoms with Crippen LogP contribution < -0.4 is 5.32 Å². The van der Waals surface area contributed by atoms with Crippen molar-refractivity contribution >= 4 is 11.9 Å². The first-order valence-corrected chi connectivity index (χ1v) is 9.62. The van der Waals surface area contributed by atoms with Gasteiger partial charge in [0.1, 0.15) is 0 Å². The minimum atomic E-state index is -0.819. The highest BCUT2D eigenvalue weighted by Crippen LogP contribution is 2.20. The zero-order chi connectivity index (χ0) is 20.3. The number of aryl methyl sites for hydroxylation is 1. The van der Waals surface area contributed by atoms with Gasteiger partial charge in [0, 0.05) is 36.2 Å². The molecule has 1 aliphatic rings. The van der Waals surface area contributed by atoms with Crippen LogP contribution in [0.2, 0.25) is 0 Å². The van der Waals surface area contributed by atoms with E-state index in [1.807, 2.05) is 32.9 Å². The van der Waals surface area contributed by atoms with E-state index < -0.39 is 5.97 Å². The summed E-state index contributed by atoms with van der Waals surface area (Å²) < 4.78 is 7.19. The number of carboxylic acid groups (broad SMARTS) is 1. The van der Waals surface area contributed by atoms with E-state index in [2.05, 4.69) is 10.4 Å². The van der Waals surface area contributed by atoms with Gasteiger partial charge in [-0.2, -0.15) is 5.10 Å². The van der Waals surface area contributed by atoms with Crippen LogP contribution in [0.5, 0.6) is 0 Å². The number of aromatic nitrogens is 2. The zero-order valence-corrected chi connectivity index (χ0v) is 16.6. The van der Waals surface area contributed by atoms with Gasteiger partial charge in [-0.3, -0.25) is 9.59 Å². The summed E-state index contributed by atoms with van der Waals surface area (Å²) in [6, 6.07) is 7.37. The summed E-state index contributed by atoms with van der Waals surface area (Å²) in [5.74, 6) is -0.552. The maximum Gasteiger partial charge on any atom is 0.303 e. The first-order chi connectivity index (χ1) is 13.4. The molecule has 2 N–H and O–H groups in total. The fourth-order valence-electron chi connectivity index (χ4n) is 3.63. The van der Waals surface area contributed by atoms with Gasteiger partial charge in [-0.15, -0.1) is 0 Å². The molecule has 0 aliphatic carbocycles. The molecular formula is C21H27N3O4. The summed E-state index contributed by atoms with van der Waals surface area (Å²) in [6.07, 6.45) is 1.51. The van der Waals surface area contributed by atoms with E-state index in [4.69, 9.17) is 9.84 Å². The molecule has 2 heterocycles. The average molecular weight is 385 g/mol. The zero-order valence-electron chi connectivity index (χ0n) is 16.6. The third-order valence-electron chi connectivity index (χ3n) is 5.43. The number of carboxylic acids is 1. The predicted molar refractivity (Wildman–Crippen MR) is 105 cm³/mol. The van der Waals surface area contributed by atoms with Crippen molar-refractivity contribution in [2.45, 2.75) is 46.1 Å². The number of carbonyl (C=O) groups is 2. The molecule has 150 valence electrons. The molecule has 1 fully saturated rings. The van der Waals surface area contributed by atoms with Crippen LogP contribution in [0.3, 0.4) is 0 Å². The molecule has 1 aliphatic heterocycles. The number of carbonyl (C=O) groups excluding carboxylic acids is 1. The van der Waals surface area contributed by atoms with Gasteiger partial charge in [-0.05, 0) is 63.4 Å². The summed E-state index contributed by atoms with van der Waals surface area (Å²) in [5, 5.41) is 16.5. The lowest BCUT2D eigenvalue weighted by molar-refractivity contribution is -0.136. The summed E-state index contributed by atoms with van der Waals surface area (Å²) in [5.41, 5.74) is 4.15. The molecule has 7 nitrogen and oxygen atoms in total. The molecule has 0 spiro atoms. The van der Waals surface area contributed by atoms with E-state index in [9.17, 15) is 9.59 Å². The lowest BCUT2D eigenvalue weighted by Crippen LogP contribution is -2.38. The quantitative estimate of drug-likeness (QED) is 0.764. The van der Waals surface area contributed by atoms with Crippen LogP contribution in [-0.4, -0.2) is 46.0 Å². The number of ether oxygens (including phenoxy) is 1. The fourth-order valence-corrected chi connectivity index (χ4v) is 3.63. The Kier molecular flexibility index (Phi) is 6.14. The van der Waals surface area contributed by atoms with Gasteiger partial charge in [0.05, 0.1) is 18.0 Å². The van der Waals surface area contributed by atoms with Crippen molar-refractivity contribution in [2.24, 2.45) is 5.92 Å². The number of rotatable bonds is 7. The molecule has 0 radical (unpaired) electrons. The maximum atomic E-state index is 12.5. The number of hydrogen-bond donors (Lipinski definition) is 2. The van der Waals surface area contributed by atoms with Crippen molar-refractivity contribution in [1.29, 1.82) is 0 Å². The standard InChI is InChI=1S/C21H27N3O4/c1-13(17-10-11-28-12-17)22-21(27)16-4-6-18(7-5-16)24-15(3)19(14(2)23-24)8-9-20(25)26/h4-7,13,17H,8-12H2,1-3H3,(H,22,27)(H,25,26)/t13-,17+/m0/s1. The summed E-state index contributed by atoms with van der Waals surface area (Å²) in [6.45, 7) is 7.29. The van der Waals surface area contributed by atoms with Crippen molar-refractivity contribution in [2.75, 3.05) is 13.2 Å². The molecule has 2 aromatic rings. The van der Waals surface area contributed by atoms with Crippen LogP contribution in [0.25, 0.3) is 5.69 Å². The SMILES string of the molecule is Cc1nn(-c2ccc(C(=O)N[C@@H](C)[C@@H]3CCOC3)cc2)c(C)c1CCC(=O)O. The van der Waals surface area contributed by atoms with Crippen molar-refractivity contribution in [3.63, 3.8) is 0 Å². The van der Waals surface area contributed by atoms with E-state index in [1.54, 1.807) is 16.8 Å². The molecule has 0 bridgehead atoms. The Morgan fingerprint density at radius 1 is 1.32 bits per heavy atom. The first-order valence-electron chi connectivity index (χ1n) is 9.62. The summed E-state index contributed by atoms with van der Waals surface area (Å²) >= 11 is 0. The van der Waals surface area contributed by atoms with Crippen molar-refractivity contribution in [3.05, 3.63) is 46.8 Å². The molecule has 1 amide bonds. The van der Waals surface area contributed by atoms with Gasteiger partial charge in [0.2, 0.25) is 0 Å². The second-order valence-corrected chi connectivity index (χ2v) is 7.39. The van der Waals surface area contributed by atoms with E-state index >= 15 is 0 Å². The molecule has 1 aromatic carbocycles. The molecular weight excluding hydrogens is 358 g/mol. The Hall–Kier alpha value is -2.67. The topological polar surface area (TPSA) is 93.5 Å². The highest BCUT2D eigenvalue weighted by molar-refractivity contribution is 5.94. The minimum absolute atomic E-state index is 0.0717. The molecule has 7 heteroatoms. The van der Waals surface area contributed by atoms with Crippen molar-refractivity contribution in [3.8, 4) is 5.69 Å². The number of benzene rings is 1. The third kappa shape index (κ3) is 4.42. The normalized spacial score (nSPS) is 17.5. The summed E-state index contributed by atoms with van der Waals surface area (Å²) in [4.78, 5) is 23.4. The Labute approximate surface area is 164 Å². The van der Waals surface area contributed by atoms with Gasteiger partial charge in [0.15, 0.2) is 0 Å². The summed E-state index contributed by atoms with van der Waals surface area (Å²) in [7, 11) is 0. The van der Waals surface area contributed by atoms with E-state index in [-0.39, 0.29) is 18.4 Å². The molecule has 2 atom stereocenters. The first kappa shape index (κ1) is 20.1. The molecule has 0 saturated carbocycles. The molecule has 0 unspecified atom stereocenters. The molecule has 3 rings (SSSR count). The maximum absolute atomic E-state index is 12.5. The molecule has 1 aromatic heterocycles. The number of hydrogen-bond acceptors (Lipinski definition) is 4. The highest BCUT2D eigenvalue weighted by atomic mass is 16.5. The second kappa shape index (κ2) is 8.56. The Morgan fingerprint density at radius 3 is 2.64 bits per heavy atom. The number of nitrogens with one attached hydrogen (secondary N) is 1. The van der Waals surface area contributed by atoms with Crippen LogP contribution in [0, 0.1) is 19.8 Å². The number of amides is 1.